The van der Waals surface area contributed by atoms with Gasteiger partial charge >= 0.3 is 17.9 Å². The highest BCUT2D eigenvalue weighted by molar-refractivity contribution is 6.01. The molecule has 2 atom stereocenters. The standard InChI is InChI=1S/C13H18O6/c1-8-9(7-19-10(8)14)5-6-13(2,11(15)17-3)12(16)18-4/h5-6,8-9H,7H2,1-4H3/b6-5+/t8-,9+/m1/s1. The van der Waals surface area contributed by atoms with E-state index in [1.165, 1.54) is 27.2 Å². The molecule has 0 bridgehead atoms. The third-order valence-electron chi connectivity index (χ3n) is 3.33. The summed E-state index contributed by atoms with van der Waals surface area (Å²) in [6, 6.07) is 0. The Morgan fingerprint density at radius 3 is 2.21 bits per heavy atom. The van der Waals surface area contributed by atoms with E-state index in [9.17, 15) is 14.4 Å². The zero-order valence-electron chi connectivity index (χ0n) is 11.5. The van der Waals surface area contributed by atoms with E-state index in [1.807, 2.05) is 0 Å². The highest BCUT2D eigenvalue weighted by Crippen LogP contribution is 2.27. The maximum atomic E-state index is 11.7. The Hall–Kier alpha value is -1.85. The summed E-state index contributed by atoms with van der Waals surface area (Å²) in [5.74, 6) is -2.17. The van der Waals surface area contributed by atoms with Crippen molar-refractivity contribution >= 4 is 17.9 Å². The fourth-order valence-electron chi connectivity index (χ4n) is 1.81. The number of hydrogen-bond acceptors (Lipinski definition) is 6. The molecule has 0 aromatic heterocycles. The summed E-state index contributed by atoms with van der Waals surface area (Å²) in [6.45, 7) is 3.39. The van der Waals surface area contributed by atoms with E-state index in [0.717, 1.165) is 0 Å². The molecule has 6 nitrogen and oxygen atoms in total. The van der Waals surface area contributed by atoms with E-state index in [1.54, 1.807) is 13.0 Å². The first-order valence-electron chi connectivity index (χ1n) is 5.89. The van der Waals surface area contributed by atoms with E-state index in [2.05, 4.69) is 9.47 Å². The highest BCUT2D eigenvalue weighted by Gasteiger charge is 2.42. The van der Waals surface area contributed by atoms with Crippen molar-refractivity contribution in [3.8, 4) is 0 Å². The monoisotopic (exact) mass is 270 g/mol. The van der Waals surface area contributed by atoms with Gasteiger partial charge in [-0.1, -0.05) is 19.1 Å². The maximum Gasteiger partial charge on any atom is 0.326 e. The molecule has 0 aromatic carbocycles. The van der Waals surface area contributed by atoms with Gasteiger partial charge in [0.2, 0.25) is 0 Å². The average Bonchev–Trinajstić information content (AvgIpc) is 2.74. The topological polar surface area (TPSA) is 78.9 Å². The second-order valence-electron chi connectivity index (χ2n) is 4.63. The molecule has 0 aromatic rings. The molecule has 0 aliphatic carbocycles. The second-order valence-corrected chi connectivity index (χ2v) is 4.63. The summed E-state index contributed by atoms with van der Waals surface area (Å²) in [6.07, 6.45) is 3.04. The molecular weight excluding hydrogens is 252 g/mol. The summed E-state index contributed by atoms with van der Waals surface area (Å²) in [5.41, 5.74) is -1.52. The molecule has 1 aliphatic rings. The maximum absolute atomic E-state index is 11.7. The van der Waals surface area contributed by atoms with E-state index in [0.29, 0.717) is 0 Å². The molecule has 0 N–H and O–H groups in total. The molecule has 0 radical (unpaired) electrons. The minimum Gasteiger partial charge on any atom is -0.468 e. The Kier molecular flexibility index (Phi) is 4.69. The molecule has 106 valence electrons. The van der Waals surface area contributed by atoms with Gasteiger partial charge in [-0.2, -0.15) is 0 Å². The van der Waals surface area contributed by atoms with Gasteiger partial charge in [0.05, 0.1) is 26.7 Å². The zero-order valence-corrected chi connectivity index (χ0v) is 11.5. The van der Waals surface area contributed by atoms with Crippen molar-refractivity contribution in [3.05, 3.63) is 12.2 Å². The van der Waals surface area contributed by atoms with Crippen molar-refractivity contribution in [1.29, 1.82) is 0 Å². The van der Waals surface area contributed by atoms with Gasteiger partial charge in [0.1, 0.15) is 0 Å². The molecule has 1 rings (SSSR count). The minimum atomic E-state index is -1.52. The lowest BCUT2D eigenvalue weighted by Crippen LogP contribution is -2.36. The van der Waals surface area contributed by atoms with Crippen molar-refractivity contribution in [1.82, 2.24) is 0 Å². The summed E-state index contributed by atoms with van der Waals surface area (Å²) in [7, 11) is 2.39. The molecule has 6 heteroatoms. The SMILES string of the molecule is COC(=O)C(C)(/C=C/[C@H]1COC(=O)[C@@H]1C)C(=O)OC. The molecule has 19 heavy (non-hydrogen) atoms. The number of carbonyl (C=O) groups excluding carboxylic acids is 3. The number of rotatable bonds is 4. The Labute approximate surface area is 111 Å². The predicted molar refractivity (Wildman–Crippen MR) is 64.9 cm³/mol. The Morgan fingerprint density at radius 1 is 1.32 bits per heavy atom. The van der Waals surface area contributed by atoms with Crippen LogP contribution in [0.5, 0.6) is 0 Å². The van der Waals surface area contributed by atoms with Crippen molar-refractivity contribution in [2.75, 3.05) is 20.8 Å². The van der Waals surface area contributed by atoms with Crippen molar-refractivity contribution in [2.45, 2.75) is 13.8 Å². The summed E-state index contributed by atoms with van der Waals surface area (Å²) in [4.78, 5) is 34.7. The molecule has 0 unspecified atom stereocenters. The lowest BCUT2D eigenvalue weighted by atomic mass is 9.87. The third kappa shape index (κ3) is 2.94. The van der Waals surface area contributed by atoms with Crippen LogP contribution < -0.4 is 0 Å². The number of cyclic esters (lactones) is 1. The van der Waals surface area contributed by atoms with Crippen LogP contribution in [0.4, 0.5) is 0 Å². The first-order valence-corrected chi connectivity index (χ1v) is 5.89. The van der Waals surface area contributed by atoms with Gasteiger partial charge < -0.3 is 14.2 Å². The molecule has 0 saturated carbocycles. The normalized spacial score (nSPS) is 23.3. The largest absolute Gasteiger partial charge is 0.468 e. The van der Waals surface area contributed by atoms with Crippen LogP contribution in [0.3, 0.4) is 0 Å². The van der Waals surface area contributed by atoms with Crippen LogP contribution in [-0.2, 0) is 28.6 Å². The lowest BCUT2D eigenvalue weighted by molar-refractivity contribution is -0.163. The fraction of sp³-hybridized carbons (Fsp3) is 0.615. The van der Waals surface area contributed by atoms with Crippen LogP contribution in [0.1, 0.15) is 13.8 Å². The number of hydrogen-bond donors (Lipinski definition) is 0. The minimum absolute atomic E-state index is 0.166. The van der Waals surface area contributed by atoms with Gasteiger partial charge in [0, 0.05) is 5.92 Å². The van der Waals surface area contributed by atoms with E-state index >= 15 is 0 Å². The van der Waals surface area contributed by atoms with E-state index in [4.69, 9.17) is 4.74 Å². The van der Waals surface area contributed by atoms with Gasteiger partial charge in [-0.15, -0.1) is 0 Å². The number of carbonyl (C=O) groups is 3. The molecule has 1 saturated heterocycles. The van der Waals surface area contributed by atoms with Gasteiger partial charge in [-0.05, 0) is 6.92 Å². The molecule has 0 amide bonds. The first kappa shape index (κ1) is 15.2. The summed E-state index contributed by atoms with van der Waals surface area (Å²) < 4.78 is 14.1. The van der Waals surface area contributed by atoms with Gasteiger partial charge in [-0.25, -0.2) is 0 Å². The van der Waals surface area contributed by atoms with Crippen LogP contribution in [-0.4, -0.2) is 38.7 Å². The van der Waals surface area contributed by atoms with Crippen molar-refractivity contribution < 1.29 is 28.6 Å². The predicted octanol–water partition coefficient (Wildman–Crippen LogP) is 0.704. The van der Waals surface area contributed by atoms with E-state index in [-0.39, 0.29) is 24.4 Å². The quantitative estimate of drug-likeness (QED) is 0.324. The molecule has 1 heterocycles. The number of methoxy groups -OCH3 is 2. The molecule has 0 spiro atoms. The van der Waals surface area contributed by atoms with Gasteiger partial charge in [-0.3, -0.25) is 14.4 Å². The lowest BCUT2D eigenvalue weighted by Gasteiger charge is -2.20. The fourth-order valence-corrected chi connectivity index (χ4v) is 1.81. The third-order valence-corrected chi connectivity index (χ3v) is 3.33. The van der Waals surface area contributed by atoms with Gasteiger partial charge in [0.25, 0.3) is 0 Å². The van der Waals surface area contributed by atoms with E-state index < -0.39 is 17.4 Å². The smallest absolute Gasteiger partial charge is 0.326 e. The van der Waals surface area contributed by atoms with Crippen LogP contribution in [0.25, 0.3) is 0 Å². The summed E-state index contributed by atoms with van der Waals surface area (Å²) >= 11 is 0. The van der Waals surface area contributed by atoms with Crippen LogP contribution >= 0.6 is 0 Å². The number of ether oxygens (including phenoxy) is 3. The Balaban J connectivity index is 2.93. The molecule has 1 fully saturated rings. The number of esters is 3. The molecular formula is C13H18O6. The van der Waals surface area contributed by atoms with Crippen LogP contribution in [0.2, 0.25) is 0 Å². The Morgan fingerprint density at radius 2 is 1.84 bits per heavy atom. The second kappa shape index (κ2) is 5.86. The highest BCUT2D eigenvalue weighted by atomic mass is 16.5. The van der Waals surface area contributed by atoms with Crippen LogP contribution in [0, 0.1) is 17.3 Å². The first-order chi connectivity index (χ1) is 8.86. The average molecular weight is 270 g/mol. The molecule has 1 aliphatic heterocycles. The van der Waals surface area contributed by atoms with Crippen LogP contribution in [0.15, 0.2) is 12.2 Å². The van der Waals surface area contributed by atoms with Gasteiger partial charge in [0.15, 0.2) is 5.41 Å². The van der Waals surface area contributed by atoms with Crippen molar-refractivity contribution in [2.24, 2.45) is 17.3 Å². The van der Waals surface area contributed by atoms with Crippen molar-refractivity contribution in [3.63, 3.8) is 0 Å². The Bertz CT molecular complexity index is 395. The summed E-state index contributed by atoms with van der Waals surface area (Å²) in [5, 5.41) is 0. The zero-order chi connectivity index (χ0) is 14.6.